The van der Waals surface area contributed by atoms with E-state index in [1.165, 1.54) is 63.4 Å². The van der Waals surface area contributed by atoms with Crippen LogP contribution >= 0.6 is 0 Å². The molecule has 17 nitrogen and oxygen atoms in total. The minimum atomic E-state index is -3.59. The van der Waals surface area contributed by atoms with Crippen LogP contribution in [-0.2, 0) is 63.8 Å². The smallest absolute Gasteiger partial charge is 0.287 e. The van der Waals surface area contributed by atoms with E-state index in [0.717, 1.165) is 44.1 Å². The lowest BCUT2D eigenvalue weighted by Crippen LogP contribution is -2.17. The second-order valence-corrected chi connectivity index (χ2v) is 34.1. The summed E-state index contributed by atoms with van der Waals surface area (Å²) < 4.78 is 136. The number of carbonyl (C=O) groups is 1. The third-order valence-corrected chi connectivity index (χ3v) is 23.3. The van der Waals surface area contributed by atoms with Crippen molar-refractivity contribution in [3.8, 4) is 0 Å². The molecule has 1 N–H and O–H groups in total. The second kappa shape index (κ2) is 34.0. The number of nitro groups is 1. The van der Waals surface area contributed by atoms with Crippen LogP contribution in [0.25, 0.3) is 0 Å². The van der Waals surface area contributed by atoms with E-state index in [9.17, 15) is 65.4 Å². The summed E-state index contributed by atoms with van der Waals surface area (Å²) in [6.45, 7) is 27.4. The van der Waals surface area contributed by atoms with Gasteiger partial charge in [-0.2, -0.15) is 0 Å². The first-order valence-electron chi connectivity index (χ1n) is 24.1. The maximum atomic E-state index is 11.8. The number of unbranched alkanes of at least 4 members (excludes halogenated alkanes) is 4. The second-order valence-electron chi connectivity index (χ2n) is 18.6. The average molecular weight is 1150 g/mol. The zero-order valence-corrected chi connectivity index (χ0v) is 51.0. The molecule has 0 fully saturated rings. The zero-order chi connectivity index (χ0) is 57.9. The number of carbonyl (C=O) groups excluding carboxylic acids is 1. The van der Waals surface area contributed by atoms with Gasteiger partial charge in [0, 0.05) is 24.9 Å². The highest BCUT2D eigenvalue weighted by Crippen LogP contribution is 2.26. The van der Waals surface area contributed by atoms with Crippen molar-refractivity contribution in [1.29, 1.82) is 0 Å². The Balaban J connectivity index is -0.000000819. The number of nitro benzene ring substituents is 1. The molecule has 0 radical (unpaired) electrons. The standard InChI is InChI=1S/C11H15NO3S.C10H14O2S.C9H11NO4S.C9H20O2S.C7H16O2S.C4H10O2S/c1-8(2)16(14,15)11-6-4-10(5-7-11)12-9(3)13;1-8(2)13(11,12)10-6-4-9(3)5-7-10;1-7(2)15(13,14)9-6-4-3-5-8(9)10(11)12;1-4-5-6-7-8-12(10,11)9(2)3;1-4-5-6-10(8,9)7(2)3;1-4(2)7(3,5)6/h4-8H,1-3H3,(H,12,13);4-8H,1-3H3;3-7H,1-2H3;9H,4-8H2,1-3H3;7H,4-6H2,1-3H3;4H,1-3H3. The molecule has 0 unspecified atom stereocenters. The number of anilines is 1. The van der Waals surface area contributed by atoms with Crippen molar-refractivity contribution in [1.82, 2.24) is 0 Å². The van der Waals surface area contributed by atoms with Crippen LogP contribution in [0.5, 0.6) is 0 Å². The van der Waals surface area contributed by atoms with Crippen molar-refractivity contribution in [3.05, 3.63) is 88.5 Å². The van der Waals surface area contributed by atoms with Gasteiger partial charge in [0.2, 0.25) is 5.91 Å². The van der Waals surface area contributed by atoms with Crippen molar-refractivity contribution in [2.24, 2.45) is 0 Å². The first kappa shape index (κ1) is 73.5. The Morgan fingerprint density at radius 2 is 0.863 bits per heavy atom. The van der Waals surface area contributed by atoms with Gasteiger partial charge in [0.25, 0.3) is 5.69 Å². The van der Waals surface area contributed by atoms with E-state index in [4.69, 9.17) is 0 Å². The van der Waals surface area contributed by atoms with Gasteiger partial charge in [0.05, 0.1) is 57.7 Å². The molecule has 0 heterocycles. The molecule has 3 rings (SSSR count). The lowest BCUT2D eigenvalue weighted by molar-refractivity contribution is -0.387. The molecule has 0 aliphatic rings. The topological polar surface area (TPSA) is 277 Å². The predicted octanol–water partition coefficient (Wildman–Crippen LogP) is 10.2. The van der Waals surface area contributed by atoms with Crippen LogP contribution < -0.4 is 5.32 Å². The van der Waals surface area contributed by atoms with Crippen LogP contribution in [0.4, 0.5) is 11.4 Å². The monoisotopic (exact) mass is 1150 g/mol. The minimum absolute atomic E-state index is 0.181. The van der Waals surface area contributed by atoms with Gasteiger partial charge in [0.15, 0.2) is 49.2 Å². The van der Waals surface area contributed by atoms with Crippen molar-refractivity contribution in [2.45, 2.75) is 195 Å². The predicted molar refractivity (Wildman–Crippen MR) is 299 cm³/mol. The lowest BCUT2D eigenvalue weighted by atomic mass is 10.2. The largest absolute Gasteiger partial charge is 0.326 e. The molecular formula is C50H86N2O15S6. The minimum Gasteiger partial charge on any atom is -0.326 e. The third kappa shape index (κ3) is 29.2. The molecule has 73 heavy (non-hydrogen) atoms. The van der Waals surface area contributed by atoms with Crippen molar-refractivity contribution in [2.75, 3.05) is 23.1 Å². The molecule has 0 saturated carbocycles. The summed E-state index contributed by atoms with van der Waals surface area (Å²) in [5.74, 6) is 0.533. The lowest BCUT2D eigenvalue weighted by Gasteiger charge is -2.08. The fraction of sp³-hybridized carbons (Fsp3) is 0.620. The SMILES string of the molecule is CC(=O)Nc1ccc(S(=O)(=O)C(C)C)cc1.CC(C)S(=O)(=O)c1ccccc1[N+](=O)[O-].CC(C)S(C)(=O)=O.CCCCCCS(=O)(=O)C(C)C.CCCCS(=O)(=O)C(C)C.Cc1ccc(S(=O)(=O)C(C)C)cc1. The number of para-hydroxylation sites is 1. The van der Waals surface area contributed by atoms with Crippen molar-refractivity contribution < 1.29 is 60.2 Å². The number of aryl methyl sites for hydroxylation is 1. The number of nitrogens with one attached hydrogen (secondary N) is 1. The average Bonchev–Trinajstić information content (AvgIpc) is 3.27. The molecule has 3 aromatic rings. The highest BCUT2D eigenvalue weighted by atomic mass is 32.2. The third-order valence-electron chi connectivity index (χ3n) is 10.4. The van der Waals surface area contributed by atoms with E-state index >= 15 is 0 Å². The number of sulfone groups is 6. The first-order chi connectivity index (χ1) is 33.1. The molecule has 422 valence electrons. The zero-order valence-electron chi connectivity index (χ0n) is 46.1. The first-order valence-corrected chi connectivity index (χ1v) is 34.1. The summed E-state index contributed by atoms with van der Waals surface area (Å²) in [6, 6.07) is 18.5. The van der Waals surface area contributed by atoms with Gasteiger partial charge < -0.3 is 5.32 Å². The molecule has 3 aromatic carbocycles. The molecule has 23 heteroatoms. The molecule has 0 saturated heterocycles. The van der Waals surface area contributed by atoms with Crippen LogP contribution in [0.15, 0.2) is 87.5 Å². The van der Waals surface area contributed by atoms with E-state index in [2.05, 4.69) is 12.2 Å². The Morgan fingerprint density at radius 3 is 1.18 bits per heavy atom. The summed E-state index contributed by atoms with van der Waals surface area (Å²) >= 11 is 0. The Labute approximate surface area is 440 Å². The molecule has 0 aromatic heterocycles. The Morgan fingerprint density at radius 1 is 0.507 bits per heavy atom. The van der Waals surface area contributed by atoms with Crippen LogP contribution in [-0.4, -0.2) is 111 Å². The fourth-order valence-corrected chi connectivity index (χ4v) is 10.4. The Bertz CT molecular complexity index is 2790. The number of amides is 1. The van der Waals surface area contributed by atoms with Gasteiger partial charge in [-0.1, -0.05) is 69.4 Å². The number of nitrogens with zero attached hydrogens (tertiary/aromatic N) is 1. The molecule has 1 amide bonds. The molecule has 0 spiro atoms. The van der Waals surface area contributed by atoms with Crippen LogP contribution in [0, 0.1) is 17.0 Å². The highest BCUT2D eigenvalue weighted by Gasteiger charge is 2.28. The number of rotatable bonds is 19. The molecule has 0 aliphatic heterocycles. The number of hydrogen-bond acceptors (Lipinski definition) is 15. The normalized spacial score (nSPS) is 12.0. The summed E-state index contributed by atoms with van der Waals surface area (Å²) in [6.07, 6.45) is 7.15. The summed E-state index contributed by atoms with van der Waals surface area (Å²) in [5.41, 5.74) is 1.30. The number of benzene rings is 3. The highest BCUT2D eigenvalue weighted by molar-refractivity contribution is 7.93. The van der Waals surface area contributed by atoms with Gasteiger partial charge in [-0.05, 0) is 145 Å². The van der Waals surface area contributed by atoms with Crippen LogP contribution in [0.3, 0.4) is 0 Å². The molecular weight excluding hydrogens is 1060 g/mol. The van der Waals surface area contributed by atoms with Gasteiger partial charge in [0.1, 0.15) is 14.7 Å². The van der Waals surface area contributed by atoms with Crippen LogP contribution in [0.2, 0.25) is 0 Å². The van der Waals surface area contributed by atoms with Gasteiger partial charge in [-0.3, -0.25) is 14.9 Å². The maximum Gasteiger partial charge on any atom is 0.287 e. The van der Waals surface area contributed by atoms with Crippen molar-refractivity contribution in [3.63, 3.8) is 0 Å². The summed E-state index contributed by atoms with van der Waals surface area (Å²) in [7, 11) is -18.2. The van der Waals surface area contributed by atoms with Gasteiger partial charge in [-0.15, -0.1) is 0 Å². The molecule has 0 atom stereocenters. The Kier molecular flexibility index (Phi) is 34.2. The fourth-order valence-electron chi connectivity index (χ4n) is 4.85. The van der Waals surface area contributed by atoms with Crippen molar-refractivity contribution >= 4 is 76.3 Å². The van der Waals surface area contributed by atoms with E-state index in [-0.39, 0.29) is 42.4 Å². The summed E-state index contributed by atoms with van der Waals surface area (Å²) in [5, 5.41) is 11.1. The van der Waals surface area contributed by atoms with E-state index in [1.54, 1.807) is 93.5 Å². The van der Waals surface area contributed by atoms with E-state index in [0.29, 0.717) is 22.1 Å². The van der Waals surface area contributed by atoms with E-state index in [1.807, 2.05) is 26.0 Å². The van der Waals surface area contributed by atoms with Crippen LogP contribution in [0.1, 0.15) is 148 Å². The number of hydrogen-bond donors (Lipinski definition) is 1. The molecule has 0 bridgehead atoms. The Hall–Kier alpha value is -3.77. The molecule has 0 aliphatic carbocycles. The van der Waals surface area contributed by atoms with E-state index < -0.39 is 74.4 Å². The van der Waals surface area contributed by atoms with Gasteiger partial charge in [-0.25, -0.2) is 50.5 Å². The van der Waals surface area contributed by atoms with Gasteiger partial charge >= 0.3 is 0 Å². The maximum absolute atomic E-state index is 11.8. The summed E-state index contributed by atoms with van der Waals surface area (Å²) in [4.78, 5) is 21.2. The quantitative estimate of drug-likeness (QED) is 0.0664.